The van der Waals surface area contributed by atoms with Gasteiger partial charge in [-0.15, -0.1) is 0 Å². The second kappa shape index (κ2) is 5.24. The van der Waals surface area contributed by atoms with Gasteiger partial charge in [0.05, 0.1) is 15.6 Å². The largest absolute Gasteiger partial charge is 0.325 e. The maximum absolute atomic E-state index is 12.4. The van der Waals surface area contributed by atoms with Gasteiger partial charge < -0.3 is 4.55 Å². The van der Waals surface area contributed by atoms with E-state index >= 15 is 0 Å². The third kappa shape index (κ3) is 2.06. The minimum atomic E-state index is -0.235. The molecule has 1 aromatic carbocycles. The van der Waals surface area contributed by atoms with Gasteiger partial charge in [0.2, 0.25) is 0 Å². The van der Waals surface area contributed by atoms with E-state index in [0.717, 1.165) is 12.8 Å². The normalized spacial score (nSPS) is 18.8. The molecule has 6 heteroatoms. The van der Waals surface area contributed by atoms with Gasteiger partial charge in [-0.25, -0.2) is 4.90 Å². The number of benzene rings is 1. The van der Waals surface area contributed by atoms with Gasteiger partial charge in [-0.05, 0) is 43.9 Å². The lowest BCUT2D eigenvalue weighted by atomic mass is 9.93. The van der Waals surface area contributed by atoms with E-state index in [9.17, 15) is 9.59 Å². The van der Waals surface area contributed by atoms with Crippen molar-refractivity contribution in [1.82, 2.24) is 0 Å². The van der Waals surface area contributed by atoms with E-state index in [1.54, 1.807) is 18.2 Å². The van der Waals surface area contributed by atoms with Gasteiger partial charge in [0.15, 0.2) is 0 Å². The number of anilines is 1. The van der Waals surface area contributed by atoms with E-state index in [2.05, 4.69) is 0 Å². The Morgan fingerprint density at radius 2 is 1.70 bits per heavy atom. The van der Waals surface area contributed by atoms with Crippen LogP contribution in [0, 0.1) is 0 Å². The summed E-state index contributed by atoms with van der Waals surface area (Å²) < 4.78 is 9.16. The highest BCUT2D eigenvalue weighted by Gasteiger charge is 2.39. The fraction of sp³-hybridized carbons (Fsp3) is 0.286. The van der Waals surface area contributed by atoms with Crippen LogP contribution in [0.4, 0.5) is 5.69 Å². The highest BCUT2D eigenvalue weighted by molar-refractivity contribution is 7.93. The average molecular weight is 310 g/mol. The van der Waals surface area contributed by atoms with Crippen molar-refractivity contribution in [2.45, 2.75) is 30.6 Å². The summed E-state index contributed by atoms with van der Waals surface area (Å²) >= 11 is 6.42. The fourth-order valence-corrected chi connectivity index (χ4v) is 3.22. The molecule has 3 rings (SSSR count). The molecule has 0 saturated heterocycles. The molecule has 104 valence electrons. The third-order valence-corrected chi connectivity index (χ3v) is 4.64. The molecule has 1 N–H and O–H groups in total. The van der Waals surface area contributed by atoms with Crippen LogP contribution in [0.2, 0.25) is 5.02 Å². The van der Waals surface area contributed by atoms with E-state index in [1.165, 1.54) is 4.90 Å². The Kier molecular flexibility index (Phi) is 3.58. The summed E-state index contributed by atoms with van der Waals surface area (Å²) in [5, 5.41) is 0.387. The van der Waals surface area contributed by atoms with Gasteiger partial charge in [0.1, 0.15) is 0 Å². The third-order valence-electron chi connectivity index (χ3n) is 3.66. The maximum Gasteiger partial charge on any atom is 0.261 e. The molecule has 0 fully saturated rings. The lowest BCUT2D eigenvalue weighted by Crippen LogP contribution is -2.31. The van der Waals surface area contributed by atoms with Crippen molar-refractivity contribution in [1.29, 1.82) is 0 Å². The number of halogens is 1. The topological polar surface area (TPSA) is 57.6 Å². The van der Waals surface area contributed by atoms with Crippen molar-refractivity contribution in [3.05, 3.63) is 34.4 Å². The smallest absolute Gasteiger partial charge is 0.261 e. The first kappa shape index (κ1) is 13.7. The number of nitrogens with zero attached hydrogens (tertiary/aromatic N) is 1. The van der Waals surface area contributed by atoms with Crippen molar-refractivity contribution in [2.24, 2.45) is 0 Å². The molecular formula is C14H12ClNO3S. The summed E-state index contributed by atoms with van der Waals surface area (Å²) in [5.41, 5.74) is 1.75. The van der Waals surface area contributed by atoms with Crippen LogP contribution in [0.15, 0.2) is 34.2 Å². The number of amides is 2. The maximum atomic E-state index is 12.4. The molecule has 2 aliphatic rings. The summed E-state index contributed by atoms with van der Waals surface area (Å²) in [5.74, 6) is -0.471. The lowest BCUT2D eigenvalue weighted by Gasteiger charge is -2.16. The van der Waals surface area contributed by atoms with Gasteiger partial charge in [-0.3, -0.25) is 9.59 Å². The molecule has 0 radical (unpaired) electrons. The zero-order valence-electron chi connectivity index (χ0n) is 10.6. The Bertz CT molecular complexity index is 613. The Hall–Kier alpha value is -1.30. The number of carbonyl (C=O) groups excluding carboxylic acids is 2. The monoisotopic (exact) mass is 309 g/mol. The molecule has 1 aliphatic heterocycles. The molecule has 0 atom stereocenters. The highest BCUT2D eigenvalue weighted by Crippen LogP contribution is 2.37. The van der Waals surface area contributed by atoms with Crippen molar-refractivity contribution >= 4 is 41.1 Å². The fourth-order valence-electron chi connectivity index (χ4n) is 2.68. The number of rotatable bonds is 2. The van der Waals surface area contributed by atoms with E-state index < -0.39 is 0 Å². The summed E-state index contributed by atoms with van der Waals surface area (Å²) in [4.78, 5) is 26.4. The quantitative estimate of drug-likeness (QED) is 0.669. The first-order valence-corrected chi connectivity index (χ1v) is 7.50. The Morgan fingerprint density at radius 1 is 1.10 bits per heavy atom. The summed E-state index contributed by atoms with van der Waals surface area (Å²) in [7, 11) is 0. The predicted molar refractivity (Wildman–Crippen MR) is 77.9 cm³/mol. The highest BCUT2D eigenvalue weighted by atomic mass is 35.5. The molecule has 1 aromatic rings. The van der Waals surface area contributed by atoms with Crippen LogP contribution >= 0.6 is 23.6 Å². The molecular weight excluding hydrogens is 298 g/mol. The zero-order chi connectivity index (χ0) is 14.3. The Morgan fingerprint density at radius 3 is 2.25 bits per heavy atom. The van der Waals surface area contributed by atoms with Gasteiger partial charge >= 0.3 is 0 Å². The second-order valence-electron chi connectivity index (χ2n) is 4.82. The van der Waals surface area contributed by atoms with Crippen LogP contribution in [-0.4, -0.2) is 16.4 Å². The van der Waals surface area contributed by atoms with Crippen LogP contribution in [-0.2, 0) is 9.59 Å². The molecule has 0 unspecified atom stereocenters. The molecule has 0 bridgehead atoms. The molecule has 1 heterocycles. The molecule has 20 heavy (non-hydrogen) atoms. The summed E-state index contributed by atoms with van der Waals surface area (Å²) in [6, 6.07) is 4.75. The van der Waals surface area contributed by atoms with Gasteiger partial charge in [0, 0.05) is 23.2 Å². The standard InChI is InChI=1S/C14H12ClNO3S/c15-11-6-5-8(7-12(11)20-19)16-13(17)9-3-1-2-4-10(9)14(16)18/h5-7,19H,1-4H2. The SMILES string of the molecule is O=C1C2=C(CCCC2)C(=O)N1c1ccc(Cl)c(SO)c1. The minimum Gasteiger partial charge on any atom is -0.325 e. The van der Waals surface area contributed by atoms with Crippen LogP contribution in [0.1, 0.15) is 25.7 Å². The first-order chi connectivity index (χ1) is 9.63. The average Bonchev–Trinajstić information content (AvgIpc) is 2.72. The van der Waals surface area contributed by atoms with Gasteiger partial charge in [-0.1, -0.05) is 11.6 Å². The van der Waals surface area contributed by atoms with E-state index in [4.69, 9.17) is 16.2 Å². The van der Waals surface area contributed by atoms with Crippen LogP contribution in [0.25, 0.3) is 0 Å². The lowest BCUT2D eigenvalue weighted by molar-refractivity contribution is -0.120. The first-order valence-electron chi connectivity index (χ1n) is 6.35. The van der Waals surface area contributed by atoms with Gasteiger partial charge in [0.25, 0.3) is 11.8 Å². The number of imide groups is 1. The van der Waals surface area contributed by atoms with Crippen molar-refractivity contribution in [2.75, 3.05) is 4.90 Å². The minimum absolute atomic E-state index is 0.235. The Balaban J connectivity index is 2.00. The van der Waals surface area contributed by atoms with E-state index in [0.29, 0.717) is 51.6 Å². The molecule has 2 amide bonds. The van der Waals surface area contributed by atoms with Crippen LogP contribution < -0.4 is 4.90 Å². The van der Waals surface area contributed by atoms with Crippen LogP contribution in [0.3, 0.4) is 0 Å². The molecule has 1 aliphatic carbocycles. The van der Waals surface area contributed by atoms with E-state index in [-0.39, 0.29) is 11.8 Å². The van der Waals surface area contributed by atoms with Crippen molar-refractivity contribution < 1.29 is 14.1 Å². The van der Waals surface area contributed by atoms with E-state index in [1.807, 2.05) is 0 Å². The molecule has 4 nitrogen and oxygen atoms in total. The second-order valence-corrected chi connectivity index (χ2v) is 5.85. The number of carbonyl (C=O) groups is 2. The zero-order valence-corrected chi connectivity index (χ0v) is 12.1. The molecule has 0 spiro atoms. The predicted octanol–water partition coefficient (Wildman–Crippen LogP) is 3.65. The van der Waals surface area contributed by atoms with Crippen molar-refractivity contribution in [3.63, 3.8) is 0 Å². The van der Waals surface area contributed by atoms with Crippen molar-refractivity contribution in [3.8, 4) is 0 Å². The summed E-state index contributed by atoms with van der Waals surface area (Å²) in [6.45, 7) is 0. The van der Waals surface area contributed by atoms with Gasteiger partial charge in [-0.2, -0.15) is 0 Å². The number of hydrogen-bond donors (Lipinski definition) is 1. The molecule has 0 saturated carbocycles. The summed E-state index contributed by atoms with van der Waals surface area (Å²) in [6.07, 6.45) is 3.24. The molecule has 0 aromatic heterocycles. The van der Waals surface area contributed by atoms with Crippen LogP contribution in [0.5, 0.6) is 0 Å². The Labute approximate surface area is 125 Å². The number of hydrogen-bond acceptors (Lipinski definition) is 4.